The molecule has 5 heteroatoms. The van der Waals surface area contributed by atoms with Crippen LogP contribution in [-0.2, 0) is 13.0 Å². The summed E-state index contributed by atoms with van der Waals surface area (Å²) < 4.78 is 11.0. The van der Waals surface area contributed by atoms with Gasteiger partial charge < -0.3 is 15.2 Å². The van der Waals surface area contributed by atoms with E-state index >= 15 is 0 Å². The Balaban J connectivity index is 2.02. The lowest BCUT2D eigenvalue weighted by Gasteiger charge is -2.10. The topological polar surface area (TPSA) is 57.4 Å². The molecule has 0 spiro atoms. The molecule has 4 nitrogen and oxygen atoms in total. The molecule has 1 aromatic carbocycles. The van der Waals surface area contributed by atoms with Crippen molar-refractivity contribution in [2.75, 3.05) is 13.7 Å². The van der Waals surface area contributed by atoms with Crippen molar-refractivity contribution in [3.8, 4) is 11.5 Å². The Morgan fingerprint density at radius 1 is 1.25 bits per heavy atom. The van der Waals surface area contributed by atoms with E-state index in [-0.39, 0.29) is 0 Å². The molecule has 0 aliphatic carbocycles. The Labute approximate surface area is 123 Å². The molecule has 0 atom stereocenters. The summed E-state index contributed by atoms with van der Waals surface area (Å²) in [5.41, 5.74) is 7.33. The van der Waals surface area contributed by atoms with Gasteiger partial charge in [-0.2, -0.15) is 0 Å². The first-order chi connectivity index (χ1) is 9.72. The van der Waals surface area contributed by atoms with Crippen LogP contribution in [0.5, 0.6) is 11.5 Å². The first-order valence-electron chi connectivity index (χ1n) is 6.33. The minimum Gasteiger partial charge on any atom is -0.496 e. The highest BCUT2D eigenvalue weighted by molar-refractivity contribution is 6.30. The van der Waals surface area contributed by atoms with Gasteiger partial charge in [-0.25, -0.2) is 0 Å². The van der Waals surface area contributed by atoms with Crippen LogP contribution in [0, 0.1) is 0 Å². The van der Waals surface area contributed by atoms with E-state index < -0.39 is 0 Å². The van der Waals surface area contributed by atoms with E-state index in [1.807, 2.05) is 24.3 Å². The molecule has 0 fully saturated rings. The van der Waals surface area contributed by atoms with Gasteiger partial charge >= 0.3 is 0 Å². The third-order valence-corrected chi connectivity index (χ3v) is 3.07. The monoisotopic (exact) mass is 292 g/mol. The number of nitrogens with zero attached hydrogens (tertiary/aromatic N) is 1. The third-order valence-electron chi connectivity index (χ3n) is 2.83. The average molecular weight is 293 g/mol. The summed E-state index contributed by atoms with van der Waals surface area (Å²) in [4.78, 5) is 4.28. The summed E-state index contributed by atoms with van der Waals surface area (Å²) >= 11 is 5.98. The van der Waals surface area contributed by atoms with Crippen molar-refractivity contribution < 1.29 is 9.47 Å². The minimum absolute atomic E-state index is 0.377. The zero-order valence-corrected chi connectivity index (χ0v) is 12.1. The van der Waals surface area contributed by atoms with E-state index in [2.05, 4.69) is 4.98 Å². The normalized spacial score (nSPS) is 10.3. The summed E-state index contributed by atoms with van der Waals surface area (Å²) in [5, 5.41) is 0.654. The van der Waals surface area contributed by atoms with Gasteiger partial charge in [-0.05, 0) is 36.9 Å². The summed E-state index contributed by atoms with van der Waals surface area (Å²) in [5.74, 6) is 1.45. The van der Waals surface area contributed by atoms with Crippen molar-refractivity contribution in [2.45, 2.75) is 13.0 Å². The maximum Gasteiger partial charge on any atom is 0.138 e. The highest BCUT2D eigenvalue weighted by Crippen LogP contribution is 2.24. The van der Waals surface area contributed by atoms with E-state index in [9.17, 15) is 0 Å². The number of halogens is 1. The molecular weight excluding hydrogens is 276 g/mol. The van der Waals surface area contributed by atoms with E-state index in [1.54, 1.807) is 19.4 Å². The zero-order chi connectivity index (χ0) is 14.4. The van der Waals surface area contributed by atoms with Gasteiger partial charge in [0.1, 0.15) is 18.1 Å². The van der Waals surface area contributed by atoms with Crippen molar-refractivity contribution in [2.24, 2.45) is 5.73 Å². The van der Waals surface area contributed by atoms with Gasteiger partial charge in [0.05, 0.1) is 13.3 Å². The fraction of sp³-hybridized carbons (Fsp3) is 0.267. The second-order valence-electron chi connectivity index (χ2n) is 4.27. The number of pyridine rings is 1. The number of rotatable bonds is 6. The smallest absolute Gasteiger partial charge is 0.138 e. The van der Waals surface area contributed by atoms with Crippen molar-refractivity contribution >= 4 is 11.6 Å². The Morgan fingerprint density at radius 2 is 2.10 bits per heavy atom. The van der Waals surface area contributed by atoms with E-state index in [4.69, 9.17) is 26.8 Å². The van der Waals surface area contributed by atoms with Crippen LogP contribution in [0.2, 0.25) is 5.02 Å². The molecule has 0 aliphatic rings. The predicted molar refractivity (Wildman–Crippen MR) is 79.3 cm³/mol. The number of aromatic nitrogens is 1. The van der Waals surface area contributed by atoms with Crippen molar-refractivity contribution in [3.63, 3.8) is 0 Å². The zero-order valence-electron chi connectivity index (χ0n) is 11.3. The third kappa shape index (κ3) is 3.85. The van der Waals surface area contributed by atoms with Crippen molar-refractivity contribution in [1.29, 1.82) is 0 Å². The highest BCUT2D eigenvalue weighted by Gasteiger charge is 2.05. The number of nitrogens with two attached hydrogens (primary N) is 1. The quantitative estimate of drug-likeness (QED) is 0.889. The summed E-state index contributed by atoms with van der Waals surface area (Å²) in [6.45, 7) is 0.967. The van der Waals surface area contributed by atoms with Crippen LogP contribution < -0.4 is 15.2 Å². The van der Waals surface area contributed by atoms with Gasteiger partial charge in [0, 0.05) is 22.7 Å². The molecule has 0 radical (unpaired) electrons. The van der Waals surface area contributed by atoms with Crippen LogP contribution in [0.25, 0.3) is 0 Å². The molecule has 2 rings (SSSR count). The molecule has 0 amide bonds. The summed E-state index contributed by atoms with van der Waals surface area (Å²) in [7, 11) is 1.62. The number of ether oxygens (including phenoxy) is 2. The van der Waals surface area contributed by atoms with Gasteiger partial charge in [0.25, 0.3) is 0 Å². The minimum atomic E-state index is 0.377. The predicted octanol–water partition coefficient (Wildman–Crippen LogP) is 2.82. The number of benzene rings is 1. The Hall–Kier alpha value is -1.78. The highest BCUT2D eigenvalue weighted by atomic mass is 35.5. The fourth-order valence-corrected chi connectivity index (χ4v) is 2.01. The van der Waals surface area contributed by atoms with Crippen molar-refractivity contribution in [3.05, 3.63) is 52.8 Å². The maximum atomic E-state index is 5.98. The molecule has 2 N–H and O–H groups in total. The van der Waals surface area contributed by atoms with Crippen LogP contribution in [0.1, 0.15) is 11.3 Å². The molecule has 106 valence electrons. The van der Waals surface area contributed by atoms with Gasteiger partial charge in [-0.1, -0.05) is 11.6 Å². The molecule has 0 aliphatic heterocycles. The Morgan fingerprint density at radius 3 is 2.75 bits per heavy atom. The molecule has 0 unspecified atom stereocenters. The first kappa shape index (κ1) is 14.6. The second-order valence-corrected chi connectivity index (χ2v) is 4.71. The fourth-order valence-electron chi connectivity index (χ4n) is 1.81. The van der Waals surface area contributed by atoms with Gasteiger partial charge in [-0.3, -0.25) is 4.98 Å². The largest absolute Gasteiger partial charge is 0.496 e. The molecule has 0 saturated carbocycles. The molecule has 0 bridgehead atoms. The van der Waals surface area contributed by atoms with E-state index in [0.29, 0.717) is 23.9 Å². The lowest BCUT2D eigenvalue weighted by Crippen LogP contribution is -2.04. The lowest BCUT2D eigenvalue weighted by molar-refractivity contribution is 0.295. The maximum absolute atomic E-state index is 5.98. The van der Waals surface area contributed by atoms with Crippen LogP contribution in [0.15, 0.2) is 36.5 Å². The molecule has 0 saturated heterocycles. The second kappa shape index (κ2) is 7.12. The number of methoxy groups -OCH3 is 1. The summed E-state index contributed by atoms with van der Waals surface area (Å²) in [6.07, 6.45) is 2.46. The van der Waals surface area contributed by atoms with Gasteiger partial charge in [0.15, 0.2) is 0 Å². The Kier molecular flexibility index (Phi) is 5.21. The summed E-state index contributed by atoms with van der Waals surface area (Å²) in [6, 6.07) is 9.24. The molecular formula is C15H17ClN2O2. The SMILES string of the molecule is COc1ccc(Cl)cc1COc1ccc(CCN)nc1. The number of hydrogen-bond donors (Lipinski definition) is 1. The molecule has 20 heavy (non-hydrogen) atoms. The van der Waals surface area contributed by atoms with Crippen LogP contribution in [0.4, 0.5) is 0 Å². The van der Waals surface area contributed by atoms with E-state index in [0.717, 1.165) is 23.4 Å². The molecule has 1 heterocycles. The van der Waals surface area contributed by atoms with Crippen LogP contribution >= 0.6 is 11.6 Å². The van der Waals surface area contributed by atoms with Crippen molar-refractivity contribution in [1.82, 2.24) is 4.98 Å². The molecule has 1 aromatic heterocycles. The van der Waals surface area contributed by atoms with Gasteiger partial charge in [-0.15, -0.1) is 0 Å². The van der Waals surface area contributed by atoms with Crippen LogP contribution in [0.3, 0.4) is 0 Å². The average Bonchev–Trinajstić information content (AvgIpc) is 2.47. The Bertz CT molecular complexity index is 558. The van der Waals surface area contributed by atoms with Crippen LogP contribution in [-0.4, -0.2) is 18.6 Å². The number of hydrogen-bond acceptors (Lipinski definition) is 4. The van der Waals surface area contributed by atoms with E-state index in [1.165, 1.54) is 0 Å². The lowest BCUT2D eigenvalue weighted by atomic mass is 10.2. The van der Waals surface area contributed by atoms with Gasteiger partial charge in [0.2, 0.25) is 0 Å². The molecule has 2 aromatic rings. The standard InChI is InChI=1S/C15H17ClN2O2/c1-19-15-5-2-12(16)8-11(15)10-20-14-4-3-13(6-7-17)18-9-14/h2-5,8-9H,6-7,10,17H2,1H3. The first-order valence-corrected chi connectivity index (χ1v) is 6.71.